The SMILES string of the molecule is CC(=O)c1ccc(O[C@H]2CC[C@H](Oc3ccc(C#N)c(Cl)c3)CC2)cc1. The number of ketones is 1. The first-order valence-corrected chi connectivity index (χ1v) is 9.07. The summed E-state index contributed by atoms with van der Waals surface area (Å²) in [7, 11) is 0. The molecule has 4 nitrogen and oxygen atoms in total. The molecule has 0 aliphatic heterocycles. The third kappa shape index (κ3) is 4.56. The van der Waals surface area contributed by atoms with E-state index in [9.17, 15) is 4.79 Å². The van der Waals surface area contributed by atoms with Crippen molar-refractivity contribution in [1.29, 1.82) is 5.26 Å². The predicted molar refractivity (Wildman–Crippen MR) is 99.9 cm³/mol. The Morgan fingerprint density at radius 3 is 2.04 bits per heavy atom. The van der Waals surface area contributed by atoms with Crippen LogP contribution in [-0.2, 0) is 0 Å². The van der Waals surface area contributed by atoms with E-state index in [1.807, 2.05) is 18.2 Å². The number of nitrogens with zero attached hydrogens (tertiary/aromatic N) is 1. The minimum Gasteiger partial charge on any atom is -0.490 e. The Kier molecular flexibility index (Phi) is 5.80. The summed E-state index contributed by atoms with van der Waals surface area (Å²) in [6.45, 7) is 1.55. The van der Waals surface area contributed by atoms with Gasteiger partial charge in [0.25, 0.3) is 0 Å². The number of carbonyl (C=O) groups excluding carboxylic acids is 1. The first-order valence-electron chi connectivity index (χ1n) is 8.69. The lowest BCUT2D eigenvalue weighted by Crippen LogP contribution is -2.30. The smallest absolute Gasteiger partial charge is 0.159 e. The van der Waals surface area contributed by atoms with Gasteiger partial charge in [0, 0.05) is 11.6 Å². The van der Waals surface area contributed by atoms with Gasteiger partial charge in [-0.2, -0.15) is 5.26 Å². The molecular formula is C21H20ClNO3. The molecule has 0 spiro atoms. The molecule has 5 heteroatoms. The summed E-state index contributed by atoms with van der Waals surface area (Å²) in [6.07, 6.45) is 3.88. The topological polar surface area (TPSA) is 59.3 Å². The lowest BCUT2D eigenvalue weighted by Gasteiger charge is -2.29. The number of benzene rings is 2. The highest BCUT2D eigenvalue weighted by atomic mass is 35.5. The monoisotopic (exact) mass is 369 g/mol. The second-order valence-corrected chi connectivity index (χ2v) is 6.88. The van der Waals surface area contributed by atoms with Gasteiger partial charge in [-0.05, 0) is 69.0 Å². The molecule has 0 heterocycles. The molecule has 0 radical (unpaired) electrons. The van der Waals surface area contributed by atoms with Gasteiger partial charge in [0.05, 0.1) is 22.8 Å². The van der Waals surface area contributed by atoms with Crippen LogP contribution in [0.2, 0.25) is 5.02 Å². The first-order chi connectivity index (χ1) is 12.5. The van der Waals surface area contributed by atoms with Gasteiger partial charge in [0.1, 0.15) is 17.6 Å². The highest BCUT2D eigenvalue weighted by Crippen LogP contribution is 2.29. The van der Waals surface area contributed by atoms with Crippen molar-refractivity contribution in [3.8, 4) is 17.6 Å². The van der Waals surface area contributed by atoms with Gasteiger partial charge in [-0.25, -0.2) is 0 Å². The second kappa shape index (κ2) is 8.25. The number of carbonyl (C=O) groups is 1. The molecule has 134 valence electrons. The van der Waals surface area contributed by atoms with Crippen LogP contribution >= 0.6 is 11.6 Å². The molecule has 0 atom stereocenters. The van der Waals surface area contributed by atoms with Gasteiger partial charge >= 0.3 is 0 Å². The van der Waals surface area contributed by atoms with Crippen LogP contribution in [0.1, 0.15) is 48.5 Å². The van der Waals surface area contributed by atoms with Crippen LogP contribution in [0.5, 0.6) is 11.5 Å². The maximum atomic E-state index is 11.3. The Hall–Kier alpha value is -2.51. The molecule has 1 saturated carbocycles. The van der Waals surface area contributed by atoms with Crippen molar-refractivity contribution in [1.82, 2.24) is 0 Å². The lowest BCUT2D eigenvalue weighted by atomic mass is 9.95. The van der Waals surface area contributed by atoms with Crippen molar-refractivity contribution >= 4 is 17.4 Å². The quantitative estimate of drug-likeness (QED) is 0.681. The van der Waals surface area contributed by atoms with Crippen LogP contribution in [0.25, 0.3) is 0 Å². The molecule has 0 unspecified atom stereocenters. The molecule has 0 aromatic heterocycles. The van der Waals surface area contributed by atoms with Crippen molar-refractivity contribution in [2.45, 2.75) is 44.8 Å². The molecule has 2 aromatic rings. The van der Waals surface area contributed by atoms with Gasteiger partial charge < -0.3 is 9.47 Å². The van der Waals surface area contributed by atoms with Crippen molar-refractivity contribution in [3.05, 3.63) is 58.6 Å². The van der Waals surface area contributed by atoms with E-state index in [0.717, 1.165) is 31.4 Å². The van der Waals surface area contributed by atoms with Crippen LogP contribution in [0.4, 0.5) is 0 Å². The number of hydrogen-bond donors (Lipinski definition) is 0. The van der Waals surface area contributed by atoms with Crippen LogP contribution in [-0.4, -0.2) is 18.0 Å². The summed E-state index contributed by atoms with van der Waals surface area (Å²) in [5.41, 5.74) is 1.14. The zero-order valence-corrected chi connectivity index (χ0v) is 15.3. The fraction of sp³-hybridized carbons (Fsp3) is 0.333. The third-order valence-electron chi connectivity index (χ3n) is 4.55. The normalized spacial score (nSPS) is 19.4. The predicted octanol–water partition coefficient (Wildman–Crippen LogP) is 5.18. The van der Waals surface area contributed by atoms with E-state index in [1.165, 1.54) is 0 Å². The van der Waals surface area contributed by atoms with Gasteiger partial charge in [-0.1, -0.05) is 11.6 Å². The van der Waals surface area contributed by atoms with Crippen LogP contribution < -0.4 is 9.47 Å². The molecule has 0 saturated heterocycles. The maximum absolute atomic E-state index is 11.3. The average Bonchev–Trinajstić information content (AvgIpc) is 2.64. The fourth-order valence-electron chi connectivity index (χ4n) is 3.08. The van der Waals surface area contributed by atoms with E-state index < -0.39 is 0 Å². The van der Waals surface area contributed by atoms with Gasteiger partial charge in [-0.15, -0.1) is 0 Å². The number of Topliss-reactive ketones (excluding diaryl/α,β-unsaturated/α-hetero) is 1. The van der Waals surface area contributed by atoms with Crippen molar-refractivity contribution in [3.63, 3.8) is 0 Å². The molecule has 26 heavy (non-hydrogen) atoms. The standard InChI is InChI=1S/C21H20ClNO3/c1-14(24)15-2-5-17(6-3-15)25-18-8-10-19(11-9-18)26-20-7-4-16(13-23)21(22)12-20/h2-7,12,18-19H,8-11H2,1H3/t18-,19-. The molecule has 1 fully saturated rings. The van der Waals surface area contributed by atoms with E-state index in [-0.39, 0.29) is 18.0 Å². The van der Waals surface area contributed by atoms with E-state index >= 15 is 0 Å². The van der Waals surface area contributed by atoms with E-state index in [4.69, 9.17) is 26.3 Å². The number of nitriles is 1. The van der Waals surface area contributed by atoms with Crippen LogP contribution in [0.15, 0.2) is 42.5 Å². The molecule has 1 aliphatic carbocycles. The second-order valence-electron chi connectivity index (χ2n) is 6.47. The summed E-state index contributed by atoms with van der Waals surface area (Å²) in [6, 6.07) is 14.5. The molecule has 1 aliphatic rings. The first kappa shape index (κ1) is 18.3. The zero-order chi connectivity index (χ0) is 18.5. The Bertz CT molecular complexity index is 818. The minimum atomic E-state index is 0.0529. The molecular weight excluding hydrogens is 350 g/mol. The summed E-state index contributed by atoms with van der Waals surface area (Å²) in [5.74, 6) is 1.54. The number of ether oxygens (including phenoxy) is 2. The maximum Gasteiger partial charge on any atom is 0.159 e. The number of rotatable bonds is 5. The Labute approximate surface area is 158 Å². The minimum absolute atomic E-state index is 0.0529. The van der Waals surface area contributed by atoms with Crippen LogP contribution in [0, 0.1) is 11.3 Å². The summed E-state index contributed by atoms with van der Waals surface area (Å²) >= 11 is 6.05. The number of hydrogen-bond acceptors (Lipinski definition) is 4. The highest BCUT2D eigenvalue weighted by molar-refractivity contribution is 6.31. The summed E-state index contributed by atoms with van der Waals surface area (Å²) in [4.78, 5) is 11.3. The van der Waals surface area contributed by atoms with Crippen LogP contribution in [0.3, 0.4) is 0 Å². The summed E-state index contributed by atoms with van der Waals surface area (Å²) in [5, 5.41) is 9.33. The Morgan fingerprint density at radius 1 is 1.00 bits per heavy atom. The zero-order valence-electron chi connectivity index (χ0n) is 14.6. The summed E-state index contributed by atoms with van der Waals surface area (Å²) < 4.78 is 12.0. The lowest BCUT2D eigenvalue weighted by molar-refractivity contribution is 0.0806. The third-order valence-corrected chi connectivity index (χ3v) is 4.86. The van der Waals surface area contributed by atoms with Crippen molar-refractivity contribution in [2.24, 2.45) is 0 Å². The fourth-order valence-corrected chi connectivity index (χ4v) is 3.29. The van der Waals surface area contributed by atoms with E-state index in [1.54, 1.807) is 37.3 Å². The van der Waals surface area contributed by atoms with E-state index in [2.05, 4.69) is 0 Å². The van der Waals surface area contributed by atoms with Gasteiger partial charge in [-0.3, -0.25) is 4.79 Å². The van der Waals surface area contributed by atoms with E-state index in [0.29, 0.717) is 21.9 Å². The van der Waals surface area contributed by atoms with Gasteiger partial charge in [0.2, 0.25) is 0 Å². The largest absolute Gasteiger partial charge is 0.490 e. The van der Waals surface area contributed by atoms with Crippen molar-refractivity contribution in [2.75, 3.05) is 0 Å². The molecule has 0 bridgehead atoms. The molecule has 0 N–H and O–H groups in total. The molecule has 2 aromatic carbocycles. The van der Waals surface area contributed by atoms with Gasteiger partial charge in [0.15, 0.2) is 5.78 Å². The molecule has 3 rings (SSSR count). The number of halogens is 1. The Balaban J connectivity index is 1.50. The average molecular weight is 370 g/mol. The van der Waals surface area contributed by atoms with Crippen molar-refractivity contribution < 1.29 is 14.3 Å². The highest BCUT2D eigenvalue weighted by Gasteiger charge is 2.24. The Morgan fingerprint density at radius 2 is 1.54 bits per heavy atom. The molecule has 0 amide bonds.